The third kappa shape index (κ3) is 2.25. The third-order valence-electron chi connectivity index (χ3n) is 2.21. The lowest BCUT2D eigenvalue weighted by Gasteiger charge is -2.01. The van der Waals surface area contributed by atoms with Gasteiger partial charge in [-0.05, 0) is 18.6 Å². The van der Waals surface area contributed by atoms with Crippen molar-refractivity contribution in [1.82, 2.24) is 15.1 Å². The summed E-state index contributed by atoms with van der Waals surface area (Å²) in [7, 11) is 0. The van der Waals surface area contributed by atoms with Gasteiger partial charge in [0.15, 0.2) is 0 Å². The van der Waals surface area contributed by atoms with Crippen LogP contribution in [0, 0.1) is 0 Å². The van der Waals surface area contributed by atoms with E-state index in [9.17, 15) is 5.11 Å². The Labute approximate surface area is 93.1 Å². The van der Waals surface area contributed by atoms with Crippen molar-refractivity contribution in [2.75, 3.05) is 0 Å². The SMILES string of the molecule is CCCC(O)c1noc(-c2cccnc2)n1. The lowest BCUT2D eigenvalue weighted by molar-refractivity contribution is 0.153. The second-order valence-corrected chi connectivity index (χ2v) is 3.50. The molecule has 16 heavy (non-hydrogen) atoms. The van der Waals surface area contributed by atoms with Gasteiger partial charge in [-0.25, -0.2) is 0 Å². The average Bonchev–Trinajstić information content (AvgIpc) is 2.80. The highest BCUT2D eigenvalue weighted by Crippen LogP contribution is 2.20. The average molecular weight is 219 g/mol. The number of nitrogens with zero attached hydrogens (tertiary/aromatic N) is 3. The minimum Gasteiger partial charge on any atom is -0.385 e. The molecule has 0 aliphatic carbocycles. The maximum Gasteiger partial charge on any atom is 0.259 e. The van der Waals surface area contributed by atoms with Crippen molar-refractivity contribution in [1.29, 1.82) is 0 Å². The predicted octanol–water partition coefficient (Wildman–Crippen LogP) is 1.97. The summed E-state index contributed by atoms with van der Waals surface area (Å²) in [5.74, 6) is 0.721. The highest BCUT2D eigenvalue weighted by Gasteiger charge is 2.15. The lowest BCUT2D eigenvalue weighted by atomic mass is 10.2. The van der Waals surface area contributed by atoms with Crippen LogP contribution in [0.5, 0.6) is 0 Å². The van der Waals surface area contributed by atoms with Crippen LogP contribution < -0.4 is 0 Å². The molecule has 0 fully saturated rings. The first-order valence-electron chi connectivity index (χ1n) is 5.23. The molecule has 2 aromatic heterocycles. The molecule has 2 aromatic rings. The summed E-state index contributed by atoms with van der Waals surface area (Å²) in [6.45, 7) is 1.99. The molecule has 84 valence electrons. The summed E-state index contributed by atoms with van der Waals surface area (Å²) in [6, 6.07) is 3.62. The van der Waals surface area contributed by atoms with Gasteiger partial charge in [0, 0.05) is 12.4 Å². The normalized spacial score (nSPS) is 12.6. The zero-order valence-corrected chi connectivity index (χ0v) is 9.00. The van der Waals surface area contributed by atoms with E-state index in [1.807, 2.05) is 13.0 Å². The molecule has 1 atom stereocenters. The molecule has 0 saturated carbocycles. The Morgan fingerprint density at radius 2 is 2.38 bits per heavy atom. The minimum atomic E-state index is -0.654. The van der Waals surface area contributed by atoms with Crippen LogP contribution in [0.25, 0.3) is 11.5 Å². The lowest BCUT2D eigenvalue weighted by Crippen LogP contribution is -1.98. The molecular weight excluding hydrogens is 206 g/mol. The second-order valence-electron chi connectivity index (χ2n) is 3.50. The molecule has 0 radical (unpaired) electrons. The zero-order valence-electron chi connectivity index (χ0n) is 9.00. The summed E-state index contributed by atoms with van der Waals surface area (Å²) in [4.78, 5) is 8.09. The van der Waals surface area contributed by atoms with Crippen molar-refractivity contribution >= 4 is 0 Å². The number of rotatable bonds is 4. The molecule has 1 unspecified atom stereocenters. The van der Waals surface area contributed by atoms with Crippen molar-refractivity contribution in [2.45, 2.75) is 25.9 Å². The van der Waals surface area contributed by atoms with E-state index in [0.717, 1.165) is 12.0 Å². The third-order valence-corrected chi connectivity index (χ3v) is 2.21. The Kier molecular flexibility index (Phi) is 3.26. The monoisotopic (exact) mass is 219 g/mol. The van der Waals surface area contributed by atoms with Crippen molar-refractivity contribution in [2.24, 2.45) is 0 Å². The van der Waals surface area contributed by atoms with E-state index in [1.165, 1.54) is 0 Å². The largest absolute Gasteiger partial charge is 0.385 e. The Morgan fingerprint density at radius 1 is 1.50 bits per heavy atom. The molecule has 0 spiro atoms. The van der Waals surface area contributed by atoms with E-state index < -0.39 is 6.10 Å². The molecule has 2 heterocycles. The fourth-order valence-corrected chi connectivity index (χ4v) is 1.38. The summed E-state index contributed by atoms with van der Waals surface area (Å²) < 4.78 is 5.06. The molecule has 0 aliphatic heterocycles. The van der Waals surface area contributed by atoms with Crippen LogP contribution in [0.3, 0.4) is 0 Å². The van der Waals surface area contributed by atoms with Crippen LogP contribution in [-0.2, 0) is 0 Å². The minimum absolute atomic E-state index is 0.334. The highest BCUT2D eigenvalue weighted by molar-refractivity contribution is 5.50. The van der Waals surface area contributed by atoms with Gasteiger partial charge >= 0.3 is 0 Å². The van der Waals surface area contributed by atoms with Gasteiger partial charge in [0.2, 0.25) is 5.82 Å². The van der Waals surface area contributed by atoms with E-state index in [-0.39, 0.29) is 0 Å². The second kappa shape index (κ2) is 4.85. The van der Waals surface area contributed by atoms with Crippen molar-refractivity contribution in [3.05, 3.63) is 30.4 Å². The zero-order chi connectivity index (χ0) is 11.4. The van der Waals surface area contributed by atoms with Gasteiger partial charge in [-0.2, -0.15) is 4.98 Å². The smallest absolute Gasteiger partial charge is 0.259 e. The Balaban J connectivity index is 2.20. The van der Waals surface area contributed by atoms with Gasteiger partial charge in [0.1, 0.15) is 6.10 Å². The molecule has 0 amide bonds. The predicted molar refractivity (Wildman–Crippen MR) is 57.4 cm³/mol. The van der Waals surface area contributed by atoms with Crippen LogP contribution >= 0.6 is 0 Å². The van der Waals surface area contributed by atoms with Gasteiger partial charge in [0.05, 0.1) is 5.56 Å². The number of aromatic nitrogens is 3. The summed E-state index contributed by atoms with van der Waals surface area (Å²) in [5.41, 5.74) is 0.755. The number of aliphatic hydroxyl groups is 1. The van der Waals surface area contributed by atoms with Crippen LogP contribution in [0.15, 0.2) is 29.0 Å². The van der Waals surface area contributed by atoms with Gasteiger partial charge < -0.3 is 9.63 Å². The van der Waals surface area contributed by atoms with Crippen LogP contribution in [0.4, 0.5) is 0 Å². The first-order chi connectivity index (χ1) is 7.81. The molecule has 1 N–H and O–H groups in total. The van der Waals surface area contributed by atoms with Crippen LogP contribution in [0.1, 0.15) is 31.7 Å². The molecule has 5 nitrogen and oxygen atoms in total. The fourth-order valence-electron chi connectivity index (χ4n) is 1.38. The maximum absolute atomic E-state index is 9.68. The van der Waals surface area contributed by atoms with Crippen LogP contribution in [0.2, 0.25) is 0 Å². The first-order valence-corrected chi connectivity index (χ1v) is 5.23. The molecule has 0 aromatic carbocycles. The first kappa shape index (κ1) is 10.8. The molecule has 0 bridgehead atoms. The molecular formula is C11H13N3O2. The van der Waals surface area contributed by atoms with E-state index >= 15 is 0 Å². The van der Waals surface area contributed by atoms with E-state index in [2.05, 4.69) is 15.1 Å². The maximum atomic E-state index is 9.68. The number of aliphatic hydroxyl groups excluding tert-OH is 1. The Morgan fingerprint density at radius 3 is 3.06 bits per heavy atom. The van der Waals surface area contributed by atoms with E-state index in [0.29, 0.717) is 18.1 Å². The van der Waals surface area contributed by atoms with Crippen molar-refractivity contribution < 1.29 is 9.63 Å². The molecule has 0 saturated heterocycles. The number of pyridine rings is 1. The van der Waals surface area contributed by atoms with E-state index in [1.54, 1.807) is 18.5 Å². The summed E-state index contributed by atoms with van der Waals surface area (Å²) in [6.07, 6.45) is 4.17. The fraction of sp³-hybridized carbons (Fsp3) is 0.364. The molecule has 2 rings (SSSR count). The molecule has 0 aliphatic rings. The van der Waals surface area contributed by atoms with Gasteiger partial charge in [-0.3, -0.25) is 4.98 Å². The van der Waals surface area contributed by atoms with Crippen LogP contribution in [-0.4, -0.2) is 20.2 Å². The van der Waals surface area contributed by atoms with Crippen molar-refractivity contribution in [3.63, 3.8) is 0 Å². The van der Waals surface area contributed by atoms with Gasteiger partial charge in [0.25, 0.3) is 5.89 Å². The van der Waals surface area contributed by atoms with E-state index in [4.69, 9.17) is 4.52 Å². The quantitative estimate of drug-likeness (QED) is 0.851. The Bertz CT molecular complexity index is 442. The van der Waals surface area contributed by atoms with Gasteiger partial charge in [-0.15, -0.1) is 0 Å². The standard InChI is InChI=1S/C11H13N3O2/c1-2-4-9(15)10-13-11(16-14-10)8-5-3-6-12-7-8/h3,5-7,9,15H,2,4H2,1H3. The number of hydrogen-bond donors (Lipinski definition) is 1. The Hall–Kier alpha value is -1.75. The summed E-state index contributed by atoms with van der Waals surface area (Å²) >= 11 is 0. The summed E-state index contributed by atoms with van der Waals surface area (Å²) in [5, 5.41) is 13.4. The number of hydrogen-bond acceptors (Lipinski definition) is 5. The molecule has 5 heteroatoms. The van der Waals surface area contributed by atoms with Crippen molar-refractivity contribution in [3.8, 4) is 11.5 Å². The van der Waals surface area contributed by atoms with Gasteiger partial charge in [-0.1, -0.05) is 18.5 Å². The highest BCUT2D eigenvalue weighted by atomic mass is 16.5. The topological polar surface area (TPSA) is 72.0 Å².